The van der Waals surface area contributed by atoms with Crippen LogP contribution in [0.1, 0.15) is 32.3 Å². The van der Waals surface area contributed by atoms with E-state index in [1.807, 2.05) is 31.2 Å². The van der Waals surface area contributed by atoms with Crippen LogP contribution in [0.2, 0.25) is 5.02 Å². The molecule has 17 heavy (non-hydrogen) atoms. The van der Waals surface area contributed by atoms with Gasteiger partial charge in [-0.05, 0) is 25.0 Å². The molecule has 0 heterocycles. The number of hydrogen-bond donors (Lipinski definition) is 1. The van der Waals surface area contributed by atoms with E-state index in [-0.39, 0.29) is 6.10 Å². The van der Waals surface area contributed by atoms with E-state index in [4.69, 9.17) is 16.3 Å². The largest absolute Gasteiger partial charge is 0.390 e. The monoisotopic (exact) mass is 256 g/mol. The van der Waals surface area contributed by atoms with Crippen molar-refractivity contribution in [3.63, 3.8) is 0 Å². The number of halogens is 1. The van der Waals surface area contributed by atoms with Crippen LogP contribution in [-0.2, 0) is 11.2 Å². The molecule has 2 atom stereocenters. The minimum absolute atomic E-state index is 0.0960. The minimum Gasteiger partial charge on any atom is -0.390 e. The van der Waals surface area contributed by atoms with Gasteiger partial charge in [-0.2, -0.15) is 0 Å². The Morgan fingerprint density at radius 2 is 2.00 bits per heavy atom. The van der Waals surface area contributed by atoms with Crippen LogP contribution >= 0.6 is 11.6 Å². The van der Waals surface area contributed by atoms with Crippen molar-refractivity contribution in [2.24, 2.45) is 0 Å². The first-order chi connectivity index (χ1) is 8.19. The highest BCUT2D eigenvalue weighted by Crippen LogP contribution is 2.19. The Morgan fingerprint density at radius 1 is 1.29 bits per heavy atom. The fourth-order valence-corrected chi connectivity index (χ4v) is 2.12. The molecule has 0 saturated heterocycles. The van der Waals surface area contributed by atoms with E-state index in [1.54, 1.807) is 0 Å². The highest BCUT2D eigenvalue weighted by molar-refractivity contribution is 6.31. The maximum atomic E-state index is 10.2. The Hall–Kier alpha value is -0.570. The Kier molecular flexibility index (Phi) is 6.56. The van der Waals surface area contributed by atoms with E-state index in [0.717, 1.165) is 18.4 Å². The first kappa shape index (κ1) is 14.5. The maximum absolute atomic E-state index is 10.2. The van der Waals surface area contributed by atoms with Crippen molar-refractivity contribution in [2.45, 2.75) is 45.3 Å². The fraction of sp³-hybridized carbons (Fsp3) is 0.571. The third-order valence-corrected chi connectivity index (χ3v) is 3.14. The number of ether oxygens (including phenoxy) is 1. The summed E-state index contributed by atoms with van der Waals surface area (Å²) in [5.74, 6) is 0. The molecule has 0 amide bonds. The first-order valence-corrected chi connectivity index (χ1v) is 6.59. The summed E-state index contributed by atoms with van der Waals surface area (Å²) in [5, 5.41) is 10.9. The normalized spacial score (nSPS) is 14.6. The van der Waals surface area contributed by atoms with Gasteiger partial charge in [-0.3, -0.25) is 0 Å². The number of aliphatic hydroxyl groups excluding tert-OH is 1. The lowest BCUT2D eigenvalue weighted by Gasteiger charge is -2.22. The van der Waals surface area contributed by atoms with Crippen molar-refractivity contribution in [1.29, 1.82) is 0 Å². The topological polar surface area (TPSA) is 29.5 Å². The zero-order chi connectivity index (χ0) is 12.7. The van der Waals surface area contributed by atoms with Gasteiger partial charge >= 0.3 is 0 Å². The second-order valence-corrected chi connectivity index (χ2v) is 4.55. The summed E-state index contributed by atoms with van der Waals surface area (Å²) >= 11 is 6.08. The molecule has 96 valence electrons. The molecule has 1 aromatic carbocycles. The molecule has 1 N–H and O–H groups in total. The molecule has 0 aliphatic rings. The molecule has 0 saturated carbocycles. The van der Waals surface area contributed by atoms with Gasteiger partial charge in [-0.15, -0.1) is 0 Å². The van der Waals surface area contributed by atoms with Crippen LogP contribution in [0.4, 0.5) is 0 Å². The molecule has 0 aromatic heterocycles. The molecule has 2 nitrogen and oxygen atoms in total. The first-order valence-electron chi connectivity index (χ1n) is 6.22. The second kappa shape index (κ2) is 7.70. The highest BCUT2D eigenvalue weighted by Gasteiger charge is 2.19. The summed E-state index contributed by atoms with van der Waals surface area (Å²) in [7, 11) is 0. The maximum Gasteiger partial charge on any atom is 0.0842 e. The van der Waals surface area contributed by atoms with Crippen LogP contribution < -0.4 is 0 Å². The summed E-state index contributed by atoms with van der Waals surface area (Å²) in [4.78, 5) is 0. The number of aliphatic hydroxyl groups is 1. The number of hydrogen-bond acceptors (Lipinski definition) is 2. The quantitative estimate of drug-likeness (QED) is 0.810. The van der Waals surface area contributed by atoms with Crippen LogP contribution in [0.3, 0.4) is 0 Å². The summed E-state index contributed by atoms with van der Waals surface area (Å²) in [6, 6.07) is 7.62. The van der Waals surface area contributed by atoms with E-state index in [2.05, 4.69) is 6.92 Å². The molecule has 0 radical (unpaired) electrons. The van der Waals surface area contributed by atoms with Gasteiger partial charge < -0.3 is 9.84 Å². The summed E-state index contributed by atoms with van der Waals surface area (Å²) in [6.45, 7) is 4.67. The number of rotatable bonds is 7. The van der Waals surface area contributed by atoms with Crippen molar-refractivity contribution < 1.29 is 9.84 Å². The summed E-state index contributed by atoms with van der Waals surface area (Å²) in [5.41, 5.74) is 0.975. The average Bonchev–Trinajstić information content (AvgIpc) is 2.32. The van der Waals surface area contributed by atoms with Gasteiger partial charge in [0, 0.05) is 18.1 Å². The molecule has 0 bridgehead atoms. The molecule has 0 aliphatic heterocycles. The summed E-state index contributed by atoms with van der Waals surface area (Å²) in [6.07, 6.45) is 1.84. The van der Waals surface area contributed by atoms with E-state index < -0.39 is 6.10 Å². The van der Waals surface area contributed by atoms with E-state index in [1.165, 1.54) is 0 Å². The standard InChI is InChI=1S/C14H21ClO2/c1-3-7-14(17-4-2)13(16)10-11-8-5-6-9-12(11)15/h5-6,8-9,13-14,16H,3-4,7,10H2,1-2H3. The van der Waals surface area contributed by atoms with Gasteiger partial charge in [0.2, 0.25) is 0 Å². The SMILES string of the molecule is CCCC(OCC)C(O)Cc1ccccc1Cl. The van der Waals surface area contributed by atoms with Crippen molar-refractivity contribution in [3.8, 4) is 0 Å². The summed E-state index contributed by atoms with van der Waals surface area (Å²) < 4.78 is 5.56. The third kappa shape index (κ3) is 4.66. The van der Waals surface area contributed by atoms with Crippen LogP contribution in [-0.4, -0.2) is 23.9 Å². The Balaban J connectivity index is 2.62. The predicted molar refractivity (Wildman–Crippen MR) is 71.5 cm³/mol. The minimum atomic E-state index is -0.491. The lowest BCUT2D eigenvalue weighted by Crippen LogP contribution is -2.31. The Labute approximate surface area is 109 Å². The Bertz CT molecular complexity index is 322. The Morgan fingerprint density at radius 3 is 2.59 bits per heavy atom. The zero-order valence-electron chi connectivity index (χ0n) is 10.5. The van der Waals surface area contributed by atoms with Gasteiger partial charge in [-0.1, -0.05) is 43.1 Å². The van der Waals surface area contributed by atoms with Crippen LogP contribution in [0.15, 0.2) is 24.3 Å². The molecule has 1 aromatic rings. The molecular formula is C14H21ClO2. The lowest BCUT2D eigenvalue weighted by molar-refractivity contribution is -0.0363. The molecule has 2 unspecified atom stereocenters. The molecular weight excluding hydrogens is 236 g/mol. The van der Waals surface area contributed by atoms with Crippen molar-refractivity contribution in [3.05, 3.63) is 34.9 Å². The highest BCUT2D eigenvalue weighted by atomic mass is 35.5. The van der Waals surface area contributed by atoms with Crippen LogP contribution in [0.25, 0.3) is 0 Å². The van der Waals surface area contributed by atoms with Gasteiger partial charge in [0.05, 0.1) is 12.2 Å². The molecule has 1 rings (SSSR count). The molecule has 3 heteroatoms. The van der Waals surface area contributed by atoms with E-state index in [9.17, 15) is 5.11 Å². The van der Waals surface area contributed by atoms with Crippen molar-refractivity contribution >= 4 is 11.6 Å². The average molecular weight is 257 g/mol. The van der Waals surface area contributed by atoms with Gasteiger partial charge in [0.15, 0.2) is 0 Å². The van der Waals surface area contributed by atoms with Crippen LogP contribution in [0.5, 0.6) is 0 Å². The lowest BCUT2D eigenvalue weighted by atomic mass is 10.0. The number of benzene rings is 1. The van der Waals surface area contributed by atoms with Crippen LogP contribution in [0, 0.1) is 0 Å². The second-order valence-electron chi connectivity index (χ2n) is 4.15. The smallest absolute Gasteiger partial charge is 0.0842 e. The van der Waals surface area contributed by atoms with E-state index >= 15 is 0 Å². The van der Waals surface area contributed by atoms with Gasteiger partial charge in [0.25, 0.3) is 0 Å². The fourth-order valence-electron chi connectivity index (χ4n) is 1.91. The van der Waals surface area contributed by atoms with Gasteiger partial charge in [0.1, 0.15) is 0 Å². The zero-order valence-corrected chi connectivity index (χ0v) is 11.3. The van der Waals surface area contributed by atoms with E-state index in [0.29, 0.717) is 18.1 Å². The predicted octanol–water partition coefficient (Wildman–Crippen LogP) is 3.45. The molecule has 0 spiro atoms. The van der Waals surface area contributed by atoms with Crippen molar-refractivity contribution in [1.82, 2.24) is 0 Å². The van der Waals surface area contributed by atoms with Crippen molar-refractivity contribution in [2.75, 3.05) is 6.61 Å². The molecule has 0 aliphatic carbocycles. The molecule has 0 fully saturated rings. The van der Waals surface area contributed by atoms with Gasteiger partial charge in [-0.25, -0.2) is 0 Å². The third-order valence-electron chi connectivity index (χ3n) is 2.77.